The number of rotatable bonds is 9. The van der Waals surface area contributed by atoms with Crippen LogP contribution in [0.25, 0.3) is 0 Å². The molecule has 0 saturated heterocycles. The number of hydrogen-bond acceptors (Lipinski definition) is 3. The highest BCUT2D eigenvalue weighted by Gasteiger charge is 2.06. The summed E-state index contributed by atoms with van der Waals surface area (Å²) in [5, 5.41) is 2.99. The Morgan fingerprint density at radius 2 is 1.88 bits per heavy atom. The molecule has 0 heterocycles. The maximum atomic E-state index is 12.0. The van der Waals surface area contributed by atoms with E-state index in [-0.39, 0.29) is 5.91 Å². The molecule has 0 atom stereocenters. The molecule has 1 amide bonds. The summed E-state index contributed by atoms with van der Waals surface area (Å²) in [6.07, 6.45) is 1.19. The second-order valence-corrected chi connectivity index (χ2v) is 6.72. The van der Waals surface area contributed by atoms with Gasteiger partial charge in [0.1, 0.15) is 5.75 Å². The fourth-order valence-electron chi connectivity index (χ4n) is 2.34. The van der Waals surface area contributed by atoms with Crippen molar-refractivity contribution in [2.45, 2.75) is 31.6 Å². The van der Waals surface area contributed by atoms with Crippen LogP contribution in [0.2, 0.25) is 0 Å². The van der Waals surface area contributed by atoms with Crippen LogP contribution < -0.4 is 10.1 Å². The van der Waals surface area contributed by atoms with E-state index in [0.717, 1.165) is 17.1 Å². The minimum Gasteiger partial charge on any atom is -0.494 e. The molecular weight excluding hydrogens is 318 g/mol. The van der Waals surface area contributed by atoms with E-state index in [1.807, 2.05) is 31.2 Å². The number of para-hydroxylation sites is 1. The summed E-state index contributed by atoms with van der Waals surface area (Å²) in [6.45, 7) is 5.37. The van der Waals surface area contributed by atoms with Gasteiger partial charge in [-0.1, -0.05) is 35.9 Å². The number of thioether (sulfide) groups is 1. The van der Waals surface area contributed by atoms with Gasteiger partial charge in [0.05, 0.1) is 6.61 Å². The second kappa shape index (κ2) is 10.0. The van der Waals surface area contributed by atoms with Gasteiger partial charge in [0.25, 0.3) is 0 Å². The normalized spacial score (nSPS) is 10.4. The Labute approximate surface area is 148 Å². The smallest absolute Gasteiger partial charge is 0.220 e. The van der Waals surface area contributed by atoms with E-state index < -0.39 is 0 Å². The topological polar surface area (TPSA) is 38.3 Å². The van der Waals surface area contributed by atoms with Gasteiger partial charge in [-0.3, -0.25) is 4.79 Å². The minimum absolute atomic E-state index is 0.0887. The molecule has 0 bridgehead atoms. The molecule has 0 aromatic heterocycles. The molecule has 0 saturated carbocycles. The minimum atomic E-state index is 0.0887. The quantitative estimate of drug-likeness (QED) is 0.547. The number of hydrogen-bond donors (Lipinski definition) is 1. The van der Waals surface area contributed by atoms with E-state index in [1.54, 1.807) is 11.8 Å². The lowest BCUT2D eigenvalue weighted by Gasteiger charge is -2.10. The molecule has 4 heteroatoms. The van der Waals surface area contributed by atoms with E-state index >= 15 is 0 Å². The fourth-order valence-corrected chi connectivity index (χ4v) is 3.11. The van der Waals surface area contributed by atoms with Crippen LogP contribution in [0.5, 0.6) is 5.75 Å². The molecular formula is C20H25NO2S. The van der Waals surface area contributed by atoms with Crippen molar-refractivity contribution in [3.05, 3.63) is 59.7 Å². The zero-order valence-electron chi connectivity index (χ0n) is 14.4. The third-order valence-corrected chi connectivity index (χ3v) is 4.62. The van der Waals surface area contributed by atoms with Crippen LogP contribution >= 0.6 is 11.8 Å². The number of carbonyl (C=O) groups excluding carboxylic acids is 1. The van der Waals surface area contributed by atoms with Gasteiger partial charge in [0.2, 0.25) is 5.91 Å². The zero-order valence-corrected chi connectivity index (χ0v) is 15.2. The molecule has 1 N–H and O–H groups in total. The van der Waals surface area contributed by atoms with Crippen molar-refractivity contribution in [3.8, 4) is 5.75 Å². The summed E-state index contributed by atoms with van der Waals surface area (Å²) in [5.41, 5.74) is 2.35. The predicted octanol–water partition coefficient (Wildman–Crippen LogP) is 4.23. The molecule has 128 valence electrons. The first-order valence-corrected chi connectivity index (χ1v) is 9.34. The Morgan fingerprint density at radius 3 is 2.62 bits per heavy atom. The summed E-state index contributed by atoms with van der Waals surface area (Å²) >= 11 is 1.76. The van der Waals surface area contributed by atoms with E-state index in [2.05, 4.69) is 36.5 Å². The Hall–Kier alpha value is -1.94. The van der Waals surface area contributed by atoms with Crippen LogP contribution in [0, 0.1) is 6.92 Å². The highest BCUT2D eigenvalue weighted by Crippen LogP contribution is 2.20. The molecule has 0 fully saturated rings. The first-order valence-electron chi connectivity index (χ1n) is 8.36. The summed E-state index contributed by atoms with van der Waals surface area (Å²) in [7, 11) is 0. The van der Waals surface area contributed by atoms with Gasteiger partial charge in [-0.05, 0) is 44.0 Å². The molecule has 0 aliphatic rings. The van der Waals surface area contributed by atoms with Crippen LogP contribution in [0.1, 0.15) is 24.5 Å². The molecule has 2 aromatic carbocycles. The fraction of sp³-hybridized carbons (Fsp3) is 0.350. The monoisotopic (exact) mass is 343 g/mol. The standard InChI is InChI=1S/C20H25NO2S/c1-3-23-19-7-5-4-6-17(19)10-13-20(22)21-14-15-24-18-11-8-16(2)9-12-18/h4-9,11-12H,3,10,13-15H2,1-2H3,(H,21,22). The molecule has 2 rings (SSSR count). The summed E-state index contributed by atoms with van der Waals surface area (Å²) in [5.74, 6) is 1.85. The van der Waals surface area contributed by atoms with Gasteiger partial charge in [-0.2, -0.15) is 0 Å². The third kappa shape index (κ3) is 6.28. The average Bonchev–Trinajstić information content (AvgIpc) is 2.60. The van der Waals surface area contributed by atoms with Crippen molar-refractivity contribution in [2.24, 2.45) is 0 Å². The van der Waals surface area contributed by atoms with E-state index in [0.29, 0.717) is 26.0 Å². The van der Waals surface area contributed by atoms with Gasteiger partial charge >= 0.3 is 0 Å². The Bertz CT molecular complexity index is 640. The van der Waals surface area contributed by atoms with Gasteiger partial charge in [0, 0.05) is 23.6 Å². The number of ether oxygens (including phenoxy) is 1. The zero-order chi connectivity index (χ0) is 17.2. The SMILES string of the molecule is CCOc1ccccc1CCC(=O)NCCSc1ccc(C)cc1. The van der Waals surface area contributed by atoms with Crippen LogP contribution in [0.3, 0.4) is 0 Å². The molecule has 24 heavy (non-hydrogen) atoms. The van der Waals surface area contributed by atoms with E-state index in [1.165, 1.54) is 10.5 Å². The van der Waals surface area contributed by atoms with Crippen molar-refractivity contribution < 1.29 is 9.53 Å². The number of nitrogens with one attached hydrogen (secondary N) is 1. The first-order chi connectivity index (χ1) is 11.7. The van der Waals surface area contributed by atoms with E-state index in [9.17, 15) is 4.79 Å². The molecule has 0 aliphatic carbocycles. The largest absolute Gasteiger partial charge is 0.494 e. The van der Waals surface area contributed by atoms with Crippen LogP contribution in [-0.2, 0) is 11.2 Å². The summed E-state index contributed by atoms with van der Waals surface area (Å²) < 4.78 is 5.59. The summed E-state index contributed by atoms with van der Waals surface area (Å²) in [4.78, 5) is 13.2. The summed E-state index contributed by atoms with van der Waals surface area (Å²) in [6, 6.07) is 16.4. The maximum absolute atomic E-state index is 12.0. The molecule has 0 aliphatic heterocycles. The predicted molar refractivity (Wildman–Crippen MR) is 101 cm³/mol. The average molecular weight is 343 g/mol. The molecule has 0 spiro atoms. The lowest BCUT2D eigenvalue weighted by molar-refractivity contribution is -0.120. The van der Waals surface area contributed by atoms with Crippen LogP contribution in [0.4, 0.5) is 0 Å². The highest BCUT2D eigenvalue weighted by molar-refractivity contribution is 7.99. The molecule has 3 nitrogen and oxygen atoms in total. The first kappa shape index (κ1) is 18.4. The van der Waals surface area contributed by atoms with Crippen molar-refractivity contribution >= 4 is 17.7 Å². The van der Waals surface area contributed by atoms with Crippen LogP contribution in [-0.4, -0.2) is 24.8 Å². The Morgan fingerprint density at radius 1 is 1.12 bits per heavy atom. The van der Waals surface area contributed by atoms with Gasteiger partial charge in [-0.15, -0.1) is 11.8 Å². The second-order valence-electron chi connectivity index (χ2n) is 5.55. The van der Waals surface area contributed by atoms with Crippen molar-refractivity contribution in [1.82, 2.24) is 5.32 Å². The Balaban J connectivity index is 1.67. The number of benzene rings is 2. The van der Waals surface area contributed by atoms with Gasteiger partial charge < -0.3 is 10.1 Å². The van der Waals surface area contributed by atoms with Crippen LogP contribution in [0.15, 0.2) is 53.4 Å². The lowest BCUT2D eigenvalue weighted by atomic mass is 10.1. The van der Waals surface area contributed by atoms with Gasteiger partial charge in [-0.25, -0.2) is 0 Å². The number of amides is 1. The van der Waals surface area contributed by atoms with Crippen molar-refractivity contribution in [2.75, 3.05) is 18.9 Å². The lowest BCUT2D eigenvalue weighted by Crippen LogP contribution is -2.25. The van der Waals surface area contributed by atoms with E-state index in [4.69, 9.17) is 4.74 Å². The maximum Gasteiger partial charge on any atom is 0.220 e. The molecule has 0 radical (unpaired) electrons. The highest BCUT2D eigenvalue weighted by atomic mass is 32.2. The van der Waals surface area contributed by atoms with Crippen molar-refractivity contribution in [1.29, 1.82) is 0 Å². The molecule has 2 aromatic rings. The van der Waals surface area contributed by atoms with Gasteiger partial charge in [0.15, 0.2) is 0 Å². The third-order valence-electron chi connectivity index (χ3n) is 3.61. The van der Waals surface area contributed by atoms with Crippen molar-refractivity contribution in [3.63, 3.8) is 0 Å². The number of aryl methyl sites for hydroxylation is 2. The number of carbonyl (C=O) groups is 1. The Kier molecular flexibility index (Phi) is 7.69. The molecule has 0 unspecified atom stereocenters.